The molecule has 1 aromatic rings. The molecule has 1 aromatic carbocycles. The van der Waals surface area contributed by atoms with Crippen LogP contribution in [0, 0.1) is 17.6 Å². The Morgan fingerprint density at radius 2 is 1.91 bits per heavy atom. The predicted octanol–water partition coefficient (Wildman–Crippen LogP) is 2.40. The Bertz CT molecular complexity index is 591. The molecule has 0 atom stereocenters. The van der Waals surface area contributed by atoms with E-state index in [9.17, 15) is 17.2 Å². The van der Waals surface area contributed by atoms with Crippen molar-refractivity contribution in [2.24, 2.45) is 5.92 Å². The Balaban J connectivity index is 0.00000242. The van der Waals surface area contributed by atoms with Crippen LogP contribution < -0.4 is 5.32 Å². The minimum absolute atomic E-state index is 0. The summed E-state index contributed by atoms with van der Waals surface area (Å²) in [5.74, 6) is -2.01. The molecule has 1 N–H and O–H groups in total. The van der Waals surface area contributed by atoms with Gasteiger partial charge in [0.05, 0.1) is 0 Å². The van der Waals surface area contributed by atoms with E-state index in [2.05, 4.69) is 5.32 Å². The van der Waals surface area contributed by atoms with Gasteiger partial charge >= 0.3 is 0 Å². The molecule has 22 heavy (non-hydrogen) atoms. The van der Waals surface area contributed by atoms with Gasteiger partial charge in [-0.2, -0.15) is 4.31 Å². The summed E-state index contributed by atoms with van der Waals surface area (Å²) in [5, 5.41) is 3.24. The van der Waals surface area contributed by atoms with Gasteiger partial charge in [0.25, 0.3) is 0 Å². The van der Waals surface area contributed by atoms with Gasteiger partial charge in [0.1, 0.15) is 4.90 Å². The number of halogens is 3. The van der Waals surface area contributed by atoms with E-state index >= 15 is 0 Å². The van der Waals surface area contributed by atoms with Gasteiger partial charge in [-0.25, -0.2) is 17.2 Å². The average Bonchev–Trinajstić information content (AvgIpc) is 2.48. The number of piperidine rings is 1. The van der Waals surface area contributed by atoms with E-state index in [1.807, 2.05) is 6.92 Å². The molecule has 0 saturated carbocycles. The Kier molecular flexibility index (Phi) is 7.18. The molecule has 0 radical (unpaired) electrons. The van der Waals surface area contributed by atoms with E-state index in [0.717, 1.165) is 38.1 Å². The number of sulfonamides is 1. The molecule has 1 aliphatic rings. The molecule has 8 heteroatoms. The molecule has 0 amide bonds. The smallest absolute Gasteiger partial charge is 0.246 e. The first-order valence-corrected chi connectivity index (χ1v) is 8.55. The molecule has 1 aliphatic heterocycles. The van der Waals surface area contributed by atoms with Gasteiger partial charge in [0.2, 0.25) is 10.0 Å². The average molecular weight is 355 g/mol. The van der Waals surface area contributed by atoms with E-state index in [4.69, 9.17) is 0 Å². The molecule has 0 aromatic heterocycles. The zero-order valence-electron chi connectivity index (χ0n) is 12.4. The summed E-state index contributed by atoms with van der Waals surface area (Å²) in [5.41, 5.74) is 0. The second-order valence-corrected chi connectivity index (χ2v) is 7.11. The first kappa shape index (κ1) is 19.3. The monoisotopic (exact) mass is 354 g/mol. The summed E-state index contributed by atoms with van der Waals surface area (Å²) in [6, 6.07) is 3.23. The fourth-order valence-electron chi connectivity index (χ4n) is 2.52. The van der Waals surface area contributed by atoms with Crippen molar-refractivity contribution in [2.45, 2.75) is 24.7 Å². The van der Waals surface area contributed by atoms with Crippen molar-refractivity contribution in [3.8, 4) is 0 Å². The van der Waals surface area contributed by atoms with Crippen LogP contribution in [0.2, 0.25) is 0 Å². The summed E-state index contributed by atoms with van der Waals surface area (Å²) in [6.45, 7) is 4.45. The van der Waals surface area contributed by atoms with Gasteiger partial charge in [-0.15, -0.1) is 12.4 Å². The van der Waals surface area contributed by atoms with Gasteiger partial charge in [-0.1, -0.05) is 13.0 Å². The van der Waals surface area contributed by atoms with E-state index in [0.29, 0.717) is 19.0 Å². The number of nitrogens with zero attached hydrogens (tertiary/aromatic N) is 1. The Morgan fingerprint density at radius 3 is 2.50 bits per heavy atom. The molecule has 2 rings (SSSR count). The van der Waals surface area contributed by atoms with Gasteiger partial charge in [-0.05, 0) is 44.0 Å². The van der Waals surface area contributed by atoms with Crippen LogP contribution in [0.3, 0.4) is 0 Å². The van der Waals surface area contributed by atoms with E-state index in [1.54, 1.807) is 0 Å². The fourth-order valence-corrected chi connectivity index (χ4v) is 4.07. The minimum atomic E-state index is -3.96. The number of benzene rings is 1. The molecule has 1 fully saturated rings. The van der Waals surface area contributed by atoms with Gasteiger partial charge in [0, 0.05) is 13.1 Å². The van der Waals surface area contributed by atoms with E-state index < -0.39 is 26.6 Å². The van der Waals surface area contributed by atoms with E-state index in [-0.39, 0.29) is 12.4 Å². The van der Waals surface area contributed by atoms with Crippen molar-refractivity contribution in [1.29, 1.82) is 0 Å². The highest BCUT2D eigenvalue weighted by atomic mass is 35.5. The molecule has 0 aliphatic carbocycles. The largest absolute Gasteiger partial charge is 0.317 e. The van der Waals surface area contributed by atoms with Gasteiger partial charge < -0.3 is 5.32 Å². The highest BCUT2D eigenvalue weighted by molar-refractivity contribution is 7.89. The molecule has 0 spiro atoms. The lowest BCUT2D eigenvalue weighted by atomic mass is 9.98. The number of hydrogen-bond donors (Lipinski definition) is 1. The molecule has 4 nitrogen and oxygen atoms in total. The molecule has 0 bridgehead atoms. The molecule has 0 unspecified atom stereocenters. The van der Waals surface area contributed by atoms with Crippen molar-refractivity contribution in [2.75, 3.05) is 26.2 Å². The van der Waals surface area contributed by atoms with E-state index in [1.165, 1.54) is 10.4 Å². The van der Waals surface area contributed by atoms with Crippen LogP contribution in [-0.4, -0.2) is 38.9 Å². The van der Waals surface area contributed by atoms with Gasteiger partial charge in [-0.3, -0.25) is 0 Å². The third-order valence-electron chi connectivity index (χ3n) is 3.79. The highest BCUT2D eigenvalue weighted by Gasteiger charge is 2.31. The van der Waals surface area contributed by atoms with Crippen molar-refractivity contribution >= 4 is 22.4 Å². The first-order chi connectivity index (χ1) is 9.96. The van der Waals surface area contributed by atoms with Crippen LogP contribution in [-0.2, 0) is 10.0 Å². The van der Waals surface area contributed by atoms with Crippen molar-refractivity contribution in [3.05, 3.63) is 29.8 Å². The maximum Gasteiger partial charge on any atom is 0.246 e. The summed E-state index contributed by atoms with van der Waals surface area (Å²) < 4.78 is 52.9. The summed E-state index contributed by atoms with van der Waals surface area (Å²) in [4.78, 5) is -0.576. The minimum Gasteiger partial charge on any atom is -0.317 e. The van der Waals surface area contributed by atoms with Crippen LogP contribution in [0.5, 0.6) is 0 Å². The van der Waals surface area contributed by atoms with Gasteiger partial charge in [0.15, 0.2) is 11.6 Å². The maximum absolute atomic E-state index is 13.7. The Labute approximate surface area is 136 Å². The number of rotatable bonds is 5. The lowest BCUT2D eigenvalue weighted by Gasteiger charge is -2.31. The zero-order chi connectivity index (χ0) is 15.5. The molecule has 126 valence electrons. The Morgan fingerprint density at radius 1 is 1.27 bits per heavy atom. The summed E-state index contributed by atoms with van der Waals surface area (Å²) in [6.07, 6.45) is 1.45. The summed E-state index contributed by atoms with van der Waals surface area (Å²) in [7, 11) is -3.96. The first-order valence-electron chi connectivity index (χ1n) is 7.11. The third kappa shape index (κ3) is 4.16. The predicted molar refractivity (Wildman–Crippen MR) is 83.6 cm³/mol. The van der Waals surface area contributed by atoms with Crippen LogP contribution in [0.4, 0.5) is 8.78 Å². The lowest BCUT2D eigenvalue weighted by molar-refractivity contribution is 0.267. The standard InChI is InChI=1S/C14H20F2N2O2S.ClH/c1-2-17-10-11-6-8-18(9-7-11)21(19,20)13-5-3-4-12(15)14(13)16;/h3-5,11,17H,2,6-10H2,1H3;1H. The highest BCUT2D eigenvalue weighted by Crippen LogP contribution is 2.25. The zero-order valence-corrected chi connectivity index (χ0v) is 14.0. The third-order valence-corrected chi connectivity index (χ3v) is 5.71. The number of hydrogen-bond acceptors (Lipinski definition) is 3. The lowest BCUT2D eigenvalue weighted by Crippen LogP contribution is -2.41. The maximum atomic E-state index is 13.7. The van der Waals surface area contributed by atoms with Crippen molar-refractivity contribution in [3.63, 3.8) is 0 Å². The molecule has 1 saturated heterocycles. The normalized spacial score (nSPS) is 17.2. The Hall–Kier alpha value is -0.760. The second kappa shape index (κ2) is 8.19. The fraction of sp³-hybridized carbons (Fsp3) is 0.571. The van der Waals surface area contributed by atoms with Crippen LogP contribution in [0.25, 0.3) is 0 Å². The summed E-state index contributed by atoms with van der Waals surface area (Å²) >= 11 is 0. The molecular weight excluding hydrogens is 334 g/mol. The molecular formula is C14H21ClF2N2O2S. The van der Waals surface area contributed by atoms with Crippen LogP contribution in [0.15, 0.2) is 23.1 Å². The van der Waals surface area contributed by atoms with Crippen molar-refractivity contribution in [1.82, 2.24) is 9.62 Å². The quantitative estimate of drug-likeness (QED) is 0.883. The SMILES string of the molecule is CCNCC1CCN(S(=O)(=O)c2cccc(F)c2F)CC1.Cl. The topological polar surface area (TPSA) is 49.4 Å². The van der Waals surface area contributed by atoms with Crippen LogP contribution in [0.1, 0.15) is 19.8 Å². The second-order valence-electron chi connectivity index (χ2n) is 5.21. The molecule has 1 heterocycles. The van der Waals surface area contributed by atoms with Crippen LogP contribution >= 0.6 is 12.4 Å². The number of nitrogens with one attached hydrogen (secondary N) is 1. The van der Waals surface area contributed by atoms with Crippen molar-refractivity contribution < 1.29 is 17.2 Å².